The average molecular weight is 345 g/mol. The number of hydrogen-bond acceptors (Lipinski definition) is 4. The quantitative estimate of drug-likeness (QED) is 0.707. The van der Waals surface area contributed by atoms with Crippen molar-refractivity contribution in [1.29, 1.82) is 0 Å². The lowest BCUT2D eigenvalue weighted by Gasteiger charge is -2.18. The molecule has 0 atom stereocenters. The van der Waals surface area contributed by atoms with Crippen molar-refractivity contribution in [3.05, 3.63) is 89.2 Å². The van der Waals surface area contributed by atoms with Crippen LogP contribution in [0.3, 0.4) is 0 Å². The fraction of sp³-hybridized carbons (Fsp3) is 0.143. The molecule has 0 unspecified atom stereocenters. The summed E-state index contributed by atoms with van der Waals surface area (Å²) in [6, 6.07) is 20.8. The number of rotatable bonds is 5. The van der Waals surface area contributed by atoms with E-state index in [0.717, 1.165) is 22.5 Å². The van der Waals surface area contributed by atoms with E-state index in [9.17, 15) is 9.90 Å². The van der Waals surface area contributed by atoms with Crippen LogP contribution in [0, 0.1) is 13.8 Å². The SMILES string of the molecule is Cc1cc(C)nc(N=C(C(=O)O)C(c2ccccc2)c2ccccc2)n1. The third kappa shape index (κ3) is 4.00. The normalized spacial score (nSPS) is 11.6. The van der Waals surface area contributed by atoms with Gasteiger partial charge in [-0.05, 0) is 31.0 Å². The van der Waals surface area contributed by atoms with E-state index >= 15 is 0 Å². The number of carboxylic acids is 1. The second-order valence-electron chi connectivity index (χ2n) is 6.01. The van der Waals surface area contributed by atoms with Crippen LogP contribution < -0.4 is 0 Å². The number of nitrogens with zero attached hydrogens (tertiary/aromatic N) is 3. The Morgan fingerprint density at radius 3 is 1.77 bits per heavy atom. The molecule has 1 heterocycles. The fourth-order valence-corrected chi connectivity index (χ4v) is 2.90. The summed E-state index contributed by atoms with van der Waals surface area (Å²) >= 11 is 0. The molecular weight excluding hydrogens is 326 g/mol. The molecule has 1 aromatic heterocycles. The van der Waals surface area contributed by atoms with Gasteiger partial charge in [0.05, 0.1) is 5.92 Å². The molecule has 0 fully saturated rings. The first-order chi connectivity index (χ1) is 12.5. The Morgan fingerprint density at radius 2 is 1.35 bits per heavy atom. The Labute approximate surface area is 152 Å². The van der Waals surface area contributed by atoms with Gasteiger partial charge >= 0.3 is 5.97 Å². The van der Waals surface area contributed by atoms with Gasteiger partial charge in [-0.2, -0.15) is 0 Å². The molecule has 0 aliphatic rings. The van der Waals surface area contributed by atoms with Crippen LogP contribution in [0.2, 0.25) is 0 Å². The lowest BCUT2D eigenvalue weighted by Crippen LogP contribution is -2.23. The zero-order valence-corrected chi connectivity index (χ0v) is 14.6. The molecular formula is C21H19N3O2. The van der Waals surface area contributed by atoms with Gasteiger partial charge in [-0.25, -0.2) is 19.8 Å². The van der Waals surface area contributed by atoms with E-state index in [1.54, 1.807) is 0 Å². The molecule has 2 aromatic carbocycles. The minimum atomic E-state index is -1.09. The molecule has 5 heteroatoms. The Balaban J connectivity index is 2.18. The van der Waals surface area contributed by atoms with E-state index in [1.165, 1.54) is 0 Å². The van der Waals surface area contributed by atoms with E-state index in [0.29, 0.717) is 0 Å². The first-order valence-corrected chi connectivity index (χ1v) is 8.28. The zero-order chi connectivity index (χ0) is 18.5. The summed E-state index contributed by atoms with van der Waals surface area (Å²) in [4.78, 5) is 24.9. The van der Waals surface area contributed by atoms with Crippen molar-refractivity contribution >= 4 is 17.6 Å². The predicted octanol–water partition coefficient (Wildman–Crippen LogP) is 4.08. The number of carboxylic acid groups (broad SMARTS) is 1. The summed E-state index contributed by atoms with van der Waals surface area (Å²) in [5, 5.41) is 9.88. The third-order valence-corrected chi connectivity index (χ3v) is 3.95. The highest BCUT2D eigenvalue weighted by Gasteiger charge is 2.26. The summed E-state index contributed by atoms with van der Waals surface area (Å²) in [6.07, 6.45) is 0. The Kier molecular flexibility index (Phi) is 5.17. The third-order valence-electron chi connectivity index (χ3n) is 3.95. The molecule has 0 bridgehead atoms. The van der Waals surface area contributed by atoms with E-state index in [-0.39, 0.29) is 11.7 Å². The molecule has 3 aromatic rings. The Bertz CT molecular complexity index is 878. The number of benzene rings is 2. The minimum absolute atomic E-state index is 0.00704. The molecule has 3 rings (SSSR count). The number of carbonyl (C=O) groups is 1. The molecule has 1 N–H and O–H groups in total. The molecule has 0 spiro atoms. The molecule has 26 heavy (non-hydrogen) atoms. The van der Waals surface area contributed by atoms with Crippen LogP contribution in [-0.4, -0.2) is 26.8 Å². The van der Waals surface area contributed by atoms with E-state index in [1.807, 2.05) is 80.6 Å². The van der Waals surface area contributed by atoms with Crippen LogP contribution >= 0.6 is 0 Å². The van der Waals surface area contributed by atoms with Gasteiger partial charge < -0.3 is 5.11 Å². The standard InChI is InChI=1S/C21H19N3O2/c1-14-13-15(2)23-21(22-14)24-19(20(25)26)18(16-9-5-3-6-10-16)17-11-7-4-8-12-17/h3-13,18H,1-2H3,(H,25,26). The second-order valence-corrected chi connectivity index (χ2v) is 6.01. The second kappa shape index (κ2) is 7.70. The number of aromatic nitrogens is 2. The summed E-state index contributed by atoms with van der Waals surface area (Å²) in [7, 11) is 0. The largest absolute Gasteiger partial charge is 0.477 e. The molecule has 130 valence electrons. The topological polar surface area (TPSA) is 75.4 Å². The van der Waals surface area contributed by atoms with Crippen LogP contribution in [-0.2, 0) is 4.79 Å². The van der Waals surface area contributed by atoms with Crippen molar-refractivity contribution in [2.45, 2.75) is 19.8 Å². The molecule has 0 aliphatic heterocycles. The maximum atomic E-state index is 12.1. The summed E-state index contributed by atoms with van der Waals surface area (Å²) in [5.74, 6) is -1.44. The Hall–Kier alpha value is -3.34. The minimum Gasteiger partial charge on any atom is -0.477 e. The van der Waals surface area contributed by atoms with E-state index < -0.39 is 11.9 Å². The number of hydrogen-bond donors (Lipinski definition) is 1. The van der Waals surface area contributed by atoms with Crippen LogP contribution in [0.5, 0.6) is 0 Å². The van der Waals surface area contributed by atoms with Gasteiger partial charge in [0.25, 0.3) is 0 Å². The van der Waals surface area contributed by atoms with Crippen molar-refractivity contribution < 1.29 is 9.90 Å². The molecule has 0 saturated heterocycles. The van der Waals surface area contributed by atoms with E-state index in [4.69, 9.17) is 0 Å². The van der Waals surface area contributed by atoms with E-state index in [2.05, 4.69) is 15.0 Å². The van der Waals surface area contributed by atoms with Crippen LogP contribution in [0.4, 0.5) is 5.95 Å². The van der Waals surface area contributed by atoms with Gasteiger partial charge in [-0.1, -0.05) is 60.7 Å². The summed E-state index contributed by atoms with van der Waals surface area (Å²) in [5.41, 5.74) is 3.19. The van der Waals surface area contributed by atoms with Crippen LogP contribution in [0.25, 0.3) is 0 Å². The first kappa shape index (κ1) is 17.5. The van der Waals surface area contributed by atoms with Crippen LogP contribution in [0.15, 0.2) is 71.7 Å². The van der Waals surface area contributed by atoms with Gasteiger partial charge in [0.15, 0.2) is 0 Å². The lowest BCUT2D eigenvalue weighted by atomic mass is 9.87. The summed E-state index contributed by atoms with van der Waals surface area (Å²) in [6.45, 7) is 3.67. The van der Waals surface area contributed by atoms with Crippen molar-refractivity contribution in [3.8, 4) is 0 Å². The van der Waals surface area contributed by atoms with Crippen molar-refractivity contribution in [3.63, 3.8) is 0 Å². The van der Waals surface area contributed by atoms with Gasteiger partial charge in [-0.15, -0.1) is 0 Å². The molecule has 0 amide bonds. The molecule has 0 aliphatic carbocycles. The number of aryl methyl sites for hydroxylation is 2. The molecule has 0 radical (unpaired) electrons. The monoisotopic (exact) mass is 345 g/mol. The average Bonchev–Trinajstić information content (AvgIpc) is 2.62. The van der Waals surface area contributed by atoms with Gasteiger partial charge in [0.2, 0.25) is 5.95 Å². The fourth-order valence-electron chi connectivity index (χ4n) is 2.90. The highest BCUT2D eigenvalue weighted by atomic mass is 16.4. The maximum absolute atomic E-state index is 12.1. The zero-order valence-electron chi connectivity index (χ0n) is 14.6. The van der Waals surface area contributed by atoms with Crippen LogP contribution in [0.1, 0.15) is 28.4 Å². The van der Waals surface area contributed by atoms with Crippen molar-refractivity contribution in [2.24, 2.45) is 4.99 Å². The van der Waals surface area contributed by atoms with Gasteiger partial charge in [0.1, 0.15) is 5.71 Å². The number of aliphatic carboxylic acids is 1. The molecule has 0 saturated carbocycles. The van der Waals surface area contributed by atoms with Crippen molar-refractivity contribution in [2.75, 3.05) is 0 Å². The van der Waals surface area contributed by atoms with Gasteiger partial charge in [0, 0.05) is 11.4 Å². The van der Waals surface area contributed by atoms with Gasteiger partial charge in [-0.3, -0.25) is 0 Å². The lowest BCUT2D eigenvalue weighted by molar-refractivity contribution is -0.129. The maximum Gasteiger partial charge on any atom is 0.351 e. The highest BCUT2D eigenvalue weighted by molar-refractivity contribution is 6.39. The Morgan fingerprint density at radius 1 is 0.885 bits per heavy atom. The highest BCUT2D eigenvalue weighted by Crippen LogP contribution is 2.27. The van der Waals surface area contributed by atoms with Crippen molar-refractivity contribution in [1.82, 2.24) is 9.97 Å². The smallest absolute Gasteiger partial charge is 0.351 e. The first-order valence-electron chi connectivity index (χ1n) is 8.28. The summed E-state index contributed by atoms with van der Waals surface area (Å²) < 4.78 is 0. The molecule has 5 nitrogen and oxygen atoms in total. The number of aliphatic imine (C=N–C) groups is 1. The predicted molar refractivity (Wildman–Crippen MR) is 101 cm³/mol.